The molecule has 0 unspecified atom stereocenters. The molecule has 0 atom stereocenters. The molecular formula is C34H33N3O5S. The number of phenols is 1. The second kappa shape index (κ2) is 14.7. The molecule has 9 heteroatoms. The number of thioether (sulfide) groups is 1. The van der Waals surface area contributed by atoms with Crippen molar-refractivity contribution >= 4 is 46.9 Å². The quantitative estimate of drug-likeness (QED) is 0.114. The summed E-state index contributed by atoms with van der Waals surface area (Å²) in [6.45, 7) is 4.23. The lowest BCUT2D eigenvalue weighted by Crippen LogP contribution is -2.30. The first-order valence-corrected chi connectivity index (χ1v) is 14.6. The number of methoxy groups -OCH3 is 1. The summed E-state index contributed by atoms with van der Waals surface area (Å²) in [7, 11) is 1.44. The van der Waals surface area contributed by atoms with Gasteiger partial charge in [0.1, 0.15) is 17.2 Å². The maximum absolute atomic E-state index is 13.4. The third-order valence-electron chi connectivity index (χ3n) is 6.37. The smallest absolute Gasteiger partial charge is 0.272 e. The highest BCUT2D eigenvalue weighted by molar-refractivity contribution is 8.00. The van der Waals surface area contributed by atoms with Crippen molar-refractivity contribution in [2.75, 3.05) is 23.5 Å². The Kier molecular flexibility index (Phi) is 10.6. The number of aromatic hydroxyl groups is 1. The molecule has 4 N–H and O–H groups in total. The largest absolute Gasteiger partial charge is 0.508 e. The number of amides is 3. The Morgan fingerprint density at radius 3 is 2.30 bits per heavy atom. The summed E-state index contributed by atoms with van der Waals surface area (Å²) >= 11 is 1.33. The molecule has 0 fully saturated rings. The number of benzene rings is 4. The molecule has 0 spiro atoms. The minimum Gasteiger partial charge on any atom is -0.508 e. The highest BCUT2D eigenvalue weighted by atomic mass is 32.2. The van der Waals surface area contributed by atoms with E-state index in [0.29, 0.717) is 28.5 Å². The van der Waals surface area contributed by atoms with Crippen LogP contribution in [0.1, 0.15) is 41.3 Å². The molecule has 0 aromatic heterocycles. The summed E-state index contributed by atoms with van der Waals surface area (Å²) in [5, 5.41) is 18.2. The fourth-order valence-corrected chi connectivity index (χ4v) is 4.83. The monoisotopic (exact) mass is 595 g/mol. The first-order chi connectivity index (χ1) is 20.7. The average Bonchev–Trinajstić information content (AvgIpc) is 3.01. The van der Waals surface area contributed by atoms with Gasteiger partial charge in [0, 0.05) is 33.5 Å². The molecular weight excluding hydrogens is 562 g/mol. The molecule has 8 nitrogen and oxygen atoms in total. The van der Waals surface area contributed by atoms with Crippen LogP contribution < -0.4 is 20.7 Å². The van der Waals surface area contributed by atoms with E-state index < -0.39 is 11.8 Å². The maximum atomic E-state index is 13.4. The fourth-order valence-electron chi connectivity index (χ4n) is 4.08. The predicted octanol–water partition coefficient (Wildman–Crippen LogP) is 6.66. The Balaban J connectivity index is 1.46. The van der Waals surface area contributed by atoms with Gasteiger partial charge < -0.3 is 25.8 Å². The van der Waals surface area contributed by atoms with Crippen LogP contribution in [0.2, 0.25) is 0 Å². The molecule has 4 aromatic carbocycles. The van der Waals surface area contributed by atoms with Crippen molar-refractivity contribution in [2.24, 2.45) is 0 Å². The Morgan fingerprint density at radius 1 is 0.860 bits per heavy atom. The Labute approximate surface area is 255 Å². The van der Waals surface area contributed by atoms with E-state index in [9.17, 15) is 19.5 Å². The molecule has 43 heavy (non-hydrogen) atoms. The predicted molar refractivity (Wildman–Crippen MR) is 172 cm³/mol. The molecule has 4 aromatic rings. The Morgan fingerprint density at radius 2 is 1.60 bits per heavy atom. The number of anilines is 2. The number of phenolic OH excluding ortho intramolecular Hbond substituents is 1. The number of carbonyl (C=O) groups is 3. The molecule has 0 aliphatic rings. The normalized spacial score (nSPS) is 11.1. The van der Waals surface area contributed by atoms with Gasteiger partial charge in [-0.1, -0.05) is 50.2 Å². The molecule has 4 rings (SSSR count). The first-order valence-electron chi connectivity index (χ1n) is 13.6. The van der Waals surface area contributed by atoms with Gasteiger partial charge in [0.2, 0.25) is 5.91 Å². The summed E-state index contributed by atoms with van der Waals surface area (Å²) in [5.74, 6) is -0.253. The van der Waals surface area contributed by atoms with Crippen LogP contribution in [0.15, 0.2) is 108 Å². The molecule has 0 saturated carbocycles. The number of carbonyl (C=O) groups excluding carboxylic acids is 3. The van der Waals surface area contributed by atoms with Crippen molar-refractivity contribution in [2.45, 2.75) is 24.7 Å². The number of hydrogen-bond donors (Lipinski definition) is 4. The molecule has 0 saturated heterocycles. The van der Waals surface area contributed by atoms with E-state index in [2.05, 4.69) is 29.8 Å². The highest BCUT2D eigenvalue weighted by Crippen LogP contribution is 2.27. The Hall–Kier alpha value is -5.02. The van der Waals surface area contributed by atoms with Crippen LogP contribution in [0.5, 0.6) is 11.5 Å². The van der Waals surface area contributed by atoms with Crippen LogP contribution in [0, 0.1) is 0 Å². The Bertz CT molecular complexity index is 1620. The van der Waals surface area contributed by atoms with E-state index in [1.54, 1.807) is 54.6 Å². The van der Waals surface area contributed by atoms with Crippen molar-refractivity contribution in [1.29, 1.82) is 0 Å². The van der Waals surface area contributed by atoms with Crippen molar-refractivity contribution in [1.82, 2.24) is 5.32 Å². The molecule has 220 valence electrons. The van der Waals surface area contributed by atoms with Crippen LogP contribution in [-0.4, -0.2) is 35.7 Å². The van der Waals surface area contributed by atoms with Gasteiger partial charge in [-0.25, -0.2) is 0 Å². The van der Waals surface area contributed by atoms with Crippen molar-refractivity contribution in [3.8, 4) is 11.5 Å². The van der Waals surface area contributed by atoms with Gasteiger partial charge in [-0.2, -0.15) is 0 Å². The third kappa shape index (κ3) is 8.98. The van der Waals surface area contributed by atoms with E-state index in [-0.39, 0.29) is 23.1 Å². The van der Waals surface area contributed by atoms with Crippen LogP contribution in [0.25, 0.3) is 6.08 Å². The van der Waals surface area contributed by atoms with Crippen molar-refractivity contribution in [3.63, 3.8) is 0 Å². The van der Waals surface area contributed by atoms with E-state index in [1.165, 1.54) is 42.6 Å². The summed E-state index contributed by atoms with van der Waals surface area (Å²) in [4.78, 5) is 39.7. The zero-order valence-electron chi connectivity index (χ0n) is 24.1. The zero-order valence-corrected chi connectivity index (χ0v) is 24.9. The molecule has 0 aliphatic heterocycles. The van der Waals surface area contributed by atoms with Gasteiger partial charge >= 0.3 is 0 Å². The minimum atomic E-state index is -0.566. The number of nitrogens with one attached hydrogen (secondary N) is 3. The van der Waals surface area contributed by atoms with Crippen LogP contribution in [0.3, 0.4) is 0 Å². The molecule has 0 radical (unpaired) electrons. The lowest BCUT2D eigenvalue weighted by atomic mass is 10.0. The van der Waals surface area contributed by atoms with E-state index in [1.807, 2.05) is 30.3 Å². The van der Waals surface area contributed by atoms with Crippen LogP contribution >= 0.6 is 11.8 Å². The zero-order chi connectivity index (χ0) is 30.8. The maximum Gasteiger partial charge on any atom is 0.272 e. The van der Waals surface area contributed by atoms with Crippen LogP contribution in [0.4, 0.5) is 11.4 Å². The van der Waals surface area contributed by atoms with E-state index >= 15 is 0 Å². The standard InChI is InChI=1S/C34H33N3O5S/c1-22(2)23-12-15-26(16-13-23)35-32(39)21-43-29-11-7-10-27(19-29)36-34(41)30(37-33(40)24-8-5-4-6-9-24)18-25-14-17-28(38)20-31(25)42-3/h4-20,22,38H,21H2,1-3H3,(H,35,39)(H,36,41)(H,37,40)/b30-18+. The molecule has 0 aliphatic carbocycles. The molecule has 0 bridgehead atoms. The third-order valence-corrected chi connectivity index (χ3v) is 7.36. The van der Waals surface area contributed by atoms with Gasteiger partial charge in [0.05, 0.1) is 12.9 Å². The summed E-state index contributed by atoms with van der Waals surface area (Å²) in [6, 6.07) is 27.9. The van der Waals surface area contributed by atoms with Gasteiger partial charge in [-0.05, 0) is 72.2 Å². The molecule has 3 amide bonds. The van der Waals surface area contributed by atoms with Crippen molar-refractivity contribution in [3.05, 3.63) is 119 Å². The number of ether oxygens (including phenoxy) is 1. The minimum absolute atomic E-state index is 0.000326. The summed E-state index contributed by atoms with van der Waals surface area (Å²) in [6.07, 6.45) is 1.48. The van der Waals surface area contributed by atoms with Gasteiger partial charge in [0.15, 0.2) is 0 Å². The number of hydrogen-bond acceptors (Lipinski definition) is 6. The SMILES string of the molecule is COc1cc(O)ccc1/C=C(/NC(=O)c1ccccc1)C(=O)Nc1cccc(SCC(=O)Nc2ccc(C(C)C)cc2)c1. The lowest BCUT2D eigenvalue weighted by molar-refractivity contribution is -0.114. The summed E-state index contributed by atoms with van der Waals surface area (Å²) < 4.78 is 5.34. The number of rotatable bonds is 11. The average molecular weight is 596 g/mol. The second-order valence-corrected chi connectivity index (χ2v) is 10.9. The molecule has 0 heterocycles. The van der Waals surface area contributed by atoms with Gasteiger partial charge in [-0.15, -0.1) is 11.8 Å². The summed E-state index contributed by atoms with van der Waals surface area (Å²) in [5.41, 5.74) is 3.25. The first kappa shape index (κ1) is 30.9. The topological polar surface area (TPSA) is 117 Å². The van der Waals surface area contributed by atoms with Crippen LogP contribution in [-0.2, 0) is 9.59 Å². The van der Waals surface area contributed by atoms with E-state index in [4.69, 9.17) is 4.74 Å². The van der Waals surface area contributed by atoms with Gasteiger partial charge in [0.25, 0.3) is 11.8 Å². The van der Waals surface area contributed by atoms with E-state index in [0.717, 1.165) is 10.6 Å². The van der Waals surface area contributed by atoms with Crippen molar-refractivity contribution < 1.29 is 24.2 Å². The fraction of sp³-hybridized carbons (Fsp3) is 0.147. The second-order valence-electron chi connectivity index (χ2n) is 9.90. The van der Waals surface area contributed by atoms with Gasteiger partial charge in [-0.3, -0.25) is 14.4 Å². The highest BCUT2D eigenvalue weighted by Gasteiger charge is 2.17. The lowest BCUT2D eigenvalue weighted by Gasteiger charge is -2.13.